The lowest BCUT2D eigenvalue weighted by molar-refractivity contribution is 0.0531. The van der Waals surface area contributed by atoms with Crippen molar-refractivity contribution in [1.29, 1.82) is 0 Å². The molecule has 0 aliphatic heterocycles. The van der Waals surface area contributed by atoms with E-state index in [1.165, 1.54) is 62.6 Å². The Hall–Kier alpha value is -4.43. The number of alkyl carbamates (subject to hydrolysis) is 1. The van der Waals surface area contributed by atoms with Gasteiger partial charge in [-0.1, -0.05) is 12.1 Å². The summed E-state index contributed by atoms with van der Waals surface area (Å²) in [5.41, 5.74) is -0.0929. The minimum atomic E-state index is -4.09. The average molecular weight is 576 g/mol. The number of carbonyl (C=O) groups is 4. The number of para-hydroxylation sites is 1. The molecule has 206 valence electrons. The molecule has 0 atom stereocenters. The zero-order valence-electron chi connectivity index (χ0n) is 21.3. The minimum absolute atomic E-state index is 0.0368. The highest BCUT2D eigenvalue weighted by atomic mass is 32.2. The molecule has 12 nitrogen and oxygen atoms in total. The van der Waals surface area contributed by atoms with E-state index in [9.17, 15) is 27.6 Å². The first-order chi connectivity index (χ1) is 18.5. The van der Waals surface area contributed by atoms with E-state index in [4.69, 9.17) is 9.47 Å². The van der Waals surface area contributed by atoms with E-state index < -0.39 is 33.9 Å². The number of amides is 3. The molecule has 1 heterocycles. The molecule has 0 saturated carbocycles. The average Bonchev–Trinajstić information content (AvgIpc) is 3.24. The van der Waals surface area contributed by atoms with Crippen molar-refractivity contribution in [3.8, 4) is 5.75 Å². The summed E-state index contributed by atoms with van der Waals surface area (Å²) in [4.78, 5) is 50.2. The number of nitrogens with one attached hydrogen (secondary N) is 3. The van der Waals surface area contributed by atoms with Crippen molar-refractivity contribution in [2.45, 2.75) is 18.7 Å². The number of carbonyl (C=O) groups excluding carboxylic acids is 4. The number of anilines is 2. The molecular weight excluding hydrogens is 550 g/mol. The highest BCUT2D eigenvalue weighted by Gasteiger charge is 2.28. The smallest absolute Gasteiger partial charge is 0.413 e. The molecule has 3 aromatic rings. The van der Waals surface area contributed by atoms with Crippen LogP contribution in [0.25, 0.3) is 0 Å². The largest absolute Gasteiger partial charge is 0.497 e. The number of sulfonamides is 1. The second kappa shape index (κ2) is 12.4. The summed E-state index contributed by atoms with van der Waals surface area (Å²) in [6.45, 7) is 3.14. The van der Waals surface area contributed by atoms with Gasteiger partial charge in [0.25, 0.3) is 21.8 Å². The van der Waals surface area contributed by atoms with Crippen molar-refractivity contribution in [3.63, 3.8) is 0 Å². The van der Waals surface area contributed by atoms with Crippen LogP contribution in [0.5, 0.6) is 5.75 Å². The molecule has 14 heteroatoms. The van der Waals surface area contributed by atoms with Crippen LogP contribution in [0.2, 0.25) is 0 Å². The number of esters is 1. The Morgan fingerprint density at radius 3 is 2.23 bits per heavy atom. The van der Waals surface area contributed by atoms with Crippen LogP contribution < -0.4 is 20.1 Å². The number of hydrogen-bond donors (Lipinski definition) is 3. The Kier molecular flexibility index (Phi) is 9.27. The molecule has 0 aliphatic rings. The number of thiophene rings is 1. The van der Waals surface area contributed by atoms with Gasteiger partial charge in [0.05, 0.1) is 42.5 Å². The van der Waals surface area contributed by atoms with Crippen molar-refractivity contribution < 1.29 is 41.8 Å². The van der Waals surface area contributed by atoms with E-state index in [1.54, 1.807) is 6.92 Å². The Bertz CT molecular complexity index is 1510. The molecule has 3 rings (SSSR count). The molecule has 3 N–H and O–H groups in total. The summed E-state index contributed by atoms with van der Waals surface area (Å²) < 4.78 is 42.9. The van der Waals surface area contributed by atoms with E-state index in [-0.39, 0.29) is 43.8 Å². The number of benzene rings is 2. The predicted molar refractivity (Wildman–Crippen MR) is 143 cm³/mol. The summed E-state index contributed by atoms with van der Waals surface area (Å²) in [6, 6.07) is 11.5. The minimum Gasteiger partial charge on any atom is -0.497 e. The van der Waals surface area contributed by atoms with Crippen molar-refractivity contribution in [1.82, 2.24) is 5.32 Å². The second-order valence-electron chi connectivity index (χ2n) is 7.71. The number of rotatable bonds is 9. The highest BCUT2D eigenvalue weighted by molar-refractivity contribution is 7.92. The van der Waals surface area contributed by atoms with Crippen molar-refractivity contribution in [2.24, 2.45) is 0 Å². The van der Waals surface area contributed by atoms with Gasteiger partial charge in [0.1, 0.15) is 15.6 Å². The summed E-state index contributed by atoms with van der Waals surface area (Å²) in [5.74, 6) is -1.96. The van der Waals surface area contributed by atoms with Gasteiger partial charge in [-0.3, -0.25) is 19.6 Å². The lowest BCUT2D eigenvalue weighted by Gasteiger charge is -2.13. The number of hydrogen-bond acceptors (Lipinski definition) is 10. The second-order valence-corrected chi connectivity index (χ2v) is 10.4. The van der Waals surface area contributed by atoms with Crippen LogP contribution in [0.15, 0.2) is 53.4 Å². The summed E-state index contributed by atoms with van der Waals surface area (Å²) >= 11 is 0.770. The first-order valence-electron chi connectivity index (χ1n) is 11.3. The zero-order chi connectivity index (χ0) is 28.7. The fourth-order valence-corrected chi connectivity index (χ4v) is 5.54. The van der Waals surface area contributed by atoms with E-state index in [2.05, 4.69) is 14.8 Å². The predicted octanol–water partition coefficient (Wildman–Crippen LogP) is 3.79. The normalized spacial score (nSPS) is 10.8. The number of imide groups is 1. The topological polar surface area (TPSA) is 166 Å². The van der Waals surface area contributed by atoms with Crippen LogP contribution in [-0.2, 0) is 19.5 Å². The molecule has 0 bridgehead atoms. The van der Waals surface area contributed by atoms with E-state index in [1.807, 2.05) is 5.32 Å². The molecule has 0 spiro atoms. The van der Waals surface area contributed by atoms with Gasteiger partial charge in [-0.15, -0.1) is 11.3 Å². The fraction of sp³-hybridized carbons (Fsp3) is 0.200. The van der Waals surface area contributed by atoms with Crippen molar-refractivity contribution in [3.05, 3.63) is 70.1 Å². The molecule has 0 unspecified atom stereocenters. The van der Waals surface area contributed by atoms with Crippen molar-refractivity contribution in [2.75, 3.05) is 30.9 Å². The molecule has 0 aliphatic carbocycles. The highest BCUT2D eigenvalue weighted by Crippen LogP contribution is 2.34. The Labute approximate surface area is 228 Å². The standard InChI is InChI=1S/C25H25N3O9S2/c1-5-37-24(31)20-14(2)19(22(30)27-25(32)36-4)23(38-20)26-21(29)17-8-6-7-9-18(17)28-39(33,34)16-12-10-15(35-3)11-13-16/h6-13,28H,5H2,1-4H3,(H,26,29)(H,27,30,32). The maximum Gasteiger partial charge on any atom is 0.413 e. The Balaban J connectivity index is 1.97. The lowest BCUT2D eigenvalue weighted by atomic mass is 10.1. The fourth-order valence-electron chi connectivity index (χ4n) is 3.37. The zero-order valence-corrected chi connectivity index (χ0v) is 22.9. The van der Waals surface area contributed by atoms with Gasteiger partial charge in [0.2, 0.25) is 0 Å². The third kappa shape index (κ3) is 6.72. The van der Waals surface area contributed by atoms with Gasteiger partial charge < -0.3 is 19.5 Å². The van der Waals surface area contributed by atoms with Gasteiger partial charge in [-0.05, 0) is 55.8 Å². The van der Waals surface area contributed by atoms with E-state index >= 15 is 0 Å². The summed E-state index contributed by atoms with van der Waals surface area (Å²) in [6.07, 6.45) is -1.04. The molecule has 3 amide bonds. The number of ether oxygens (including phenoxy) is 3. The number of methoxy groups -OCH3 is 2. The molecule has 0 fully saturated rings. The van der Waals surface area contributed by atoms with Crippen LogP contribution in [0.4, 0.5) is 15.5 Å². The van der Waals surface area contributed by atoms with Crippen LogP contribution >= 0.6 is 11.3 Å². The molecule has 0 saturated heterocycles. The van der Waals surface area contributed by atoms with E-state index in [0.717, 1.165) is 18.4 Å². The maximum absolute atomic E-state index is 13.3. The molecule has 1 aromatic heterocycles. The van der Waals surface area contributed by atoms with Gasteiger partial charge in [-0.25, -0.2) is 18.0 Å². The van der Waals surface area contributed by atoms with Crippen LogP contribution in [0, 0.1) is 6.92 Å². The van der Waals surface area contributed by atoms with Crippen LogP contribution in [0.1, 0.15) is 42.9 Å². The lowest BCUT2D eigenvalue weighted by Crippen LogP contribution is -2.31. The molecule has 2 aromatic carbocycles. The first-order valence-corrected chi connectivity index (χ1v) is 13.6. The third-order valence-electron chi connectivity index (χ3n) is 5.25. The maximum atomic E-state index is 13.3. The third-order valence-corrected chi connectivity index (χ3v) is 7.82. The van der Waals surface area contributed by atoms with Crippen LogP contribution in [0.3, 0.4) is 0 Å². The Morgan fingerprint density at radius 2 is 1.62 bits per heavy atom. The van der Waals surface area contributed by atoms with Crippen molar-refractivity contribution >= 4 is 55.9 Å². The molecular formula is C25H25N3O9S2. The monoisotopic (exact) mass is 575 g/mol. The first kappa shape index (κ1) is 29.1. The van der Waals surface area contributed by atoms with Gasteiger partial charge >= 0.3 is 12.1 Å². The van der Waals surface area contributed by atoms with Gasteiger partial charge in [0.15, 0.2) is 0 Å². The van der Waals surface area contributed by atoms with Gasteiger partial charge in [0, 0.05) is 0 Å². The van der Waals surface area contributed by atoms with E-state index in [0.29, 0.717) is 5.75 Å². The summed E-state index contributed by atoms with van der Waals surface area (Å²) in [5, 5.41) is 4.48. The molecule has 39 heavy (non-hydrogen) atoms. The SMILES string of the molecule is CCOC(=O)c1sc(NC(=O)c2ccccc2NS(=O)(=O)c2ccc(OC)cc2)c(C(=O)NC(=O)OC)c1C. The summed E-state index contributed by atoms with van der Waals surface area (Å²) in [7, 11) is -1.57. The van der Waals surface area contributed by atoms with Crippen LogP contribution in [-0.4, -0.2) is 53.1 Å². The Morgan fingerprint density at radius 1 is 0.949 bits per heavy atom. The molecule has 0 radical (unpaired) electrons. The van der Waals surface area contributed by atoms with Gasteiger partial charge in [-0.2, -0.15) is 0 Å². The quantitative estimate of drug-likeness (QED) is 0.322.